The van der Waals surface area contributed by atoms with Crippen molar-refractivity contribution in [2.45, 2.75) is 19.4 Å². The van der Waals surface area contributed by atoms with Crippen molar-refractivity contribution >= 4 is 10.1 Å². The largest absolute Gasteiger partial charge is 0.395 e. The third kappa shape index (κ3) is 5.40. The minimum atomic E-state index is -3.76. The Hall–Kier alpha value is -0.250. The van der Waals surface area contributed by atoms with Gasteiger partial charge in [0.25, 0.3) is 10.1 Å². The molecular formula is C7H17NO6S. The molecule has 0 spiro atoms. The van der Waals surface area contributed by atoms with E-state index in [1.54, 1.807) is 6.92 Å². The van der Waals surface area contributed by atoms with E-state index in [1.807, 2.05) is 0 Å². The number of nitrogens with zero attached hydrogens (tertiary/aromatic N) is 1. The van der Waals surface area contributed by atoms with Crippen molar-refractivity contribution in [3.05, 3.63) is 0 Å². The minimum absolute atomic E-state index is 0.187. The maximum atomic E-state index is 11.2. The first kappa shape index (κ1) is 14.8. The normalized spacial score (nSPS) is 12.7. The van der Waals surface area contributed by atoms with Gasteiger partial charge in [0.1, 0.15) is 6.73 Å². The predicted molar refractivity (Wildman–Crippen MR) is 52.0 cm³/mol. The lowest BCUT2D eigenvalue weighted by Gasteiger charge is -2.24. The molecule has 0 heterocycles. The van der Waals surface area contributed by atoms with E-state index < -0.39 is 36.1 Å². The molecule has 0 amide bonds. The standard InChI is InChI=1S/C7H17NO6S/c1-2-3-15(12,13)14-8(6-11)7(4-9)5-10/h7,9-11H,2-6H2,1H3. The Morgan fingerprint density at radius 3 is 2.13 bits per heavy atom. The Bertz CT molecular complexity index is 250. The van der Waals surface area contributed by atoms with Crippen molar-refractivity contribution in [2.75, 3.05) is 25.7 Å². The molecular weight excluding hydrogens is 226 g/mol. The van der Waals surface area contributed by atoms with Gasteiger partial charge >= 0.3 is 0 Å². The van der Waals surface area contributed by atoms with Gasteiger partial charge in [-0.3, -0.25) is 0 Å². The molecule has 0 bridgehead atoms. The molecule has 0 aromatic rings. The smallest absolute Gasteiger partial charge is 0.283 e. The number of hydrogen-bond acceptors (Lipinski definition) is 7. The maximum Gasteiger partial charge on any atom is 0.283 e. The average Bonchev–Trinajstić information content (AvgIpc) is 2.17. The van der Waals surface area contributed by atoms with Crippen LogP contribution in [0.1, 0.15) is 13.3 Å². The van der Waals surface area contributed by atoms with E-state index in [0.29, 0.717) is 11.5 Å². The van der Waals surface area contributed by atoms with Crippen LogP contribution in [-0.4, -0.2) is 60.5 Å². The van der Waals surface area contributed by atoms with Crippen molar-refractivity contribution in [1.82, 2.24) is 5.06 Å². The molecule has 0 aromatic heterocycles. The van der Waals surface area contributed by atoms with Crippen LogP contribution in [0.25, 0.3) is 0 Å². The molecule has 0 saturated heterocycles. The van der Waals surface area contributed by atoms with Gasteiger partial charge in [0.05, 0.1) is 25.0 Å². The molecule has 0 aliphatic carbocycles. The number of rotatable bonds is 8. The van der Waals surface area contributed by atoms with Gasteiger partial charge in [0.15, 0.2) is 0 Å². The average molecular weight is 243 g/mol. The minimum Gasteiger partial charge on any atom is -0.395 e. The SMILES string of the molecule is CCCS(=O)(=O)ON(CO)C(CO)CO. The first-order chi connectivity index (χ1) is 7.00. The summed E-state index contributed by atoms with van der Waals surface area (Å²) in [6, 6.07) is -0.957. The summed E-state index contributed by atoms with van der Waals surface area (Å²) in [5, 5.41) is 27.0. The van der Waals surface area contributed by atoms with Crippen LogP contribution in [0.3, 0.4) is 0 Å². The summed E-state index contributed by atoms with van der Waals surface area (Å²) in [4.78, 5) is 0. The number of hydrogen-bond donors (Lipinski definition) is 3. The third-order valence-electron chi connectivity index (χ3n) is 1.63. The Kier molecular flexibility index (Phi) is 6.98. The van der Waals surface area contributed by atoms with Crippen molar-refractivity contribution in [2.24, 2.45) is 0 Å². The molecule has 0 aliphatic rings. The fourth-order valence-electron chi connectivity index (χ4n) is 0.873. The Labute approximate surface area is 89.0 Å². The summed E-state index contributed by atoms with van der Waals surface area (Å²) in [5.41, 5.74) is 0. The fourth-order valence-corrected chi connectivity index (χ4v) is 1.91. The zero-order valence-electron chi connectivity index (χ0n) is 8.53. The molecule has 0 aliphatic heterocycles. The summed E-state index contributed by atoms with van der Waals surface area (Å²) in [6.45, 7) is -0.0914. The second-order valence-corrected chi connectivity index (χ2v) is 4.59. The van der Waals surface area contributed by atoms with Crippen LogP contribution in [0.15, 0.2) is 0 Å². The number of aliphatic hydroxyl groups excluding tert-OH is 3. The zero-order valence-corrected chi connectivity index (χ0v) is 9.35. The molecule has 3 N–H and O–H groups in total. The summed E-state index contributed by atoms with van der Waals surface area (Å²) in [7, 11) is -3.76. The molecule has 7 nitrogen and oxygen atoms in total. The molecule has 0 rings (SSSR count). The fraction of sp³-hybridized carbons (Fsp3) is 1.00. The highest BCUT2D eigenvalue weighted by molar-refractivity contribution is 7.86. The summed E-state index contributed by atoms with van der Waals surface area (Å²) < 4.78 is 26.9. The summed E-state index contributed by atoms with van der Waals surface area (Å²) in [6.07, 6.45) is 0.379. The Morgan fingerprint density at radius 2 is 1.80 bits per heavy atom. The van der Waals surface area contributed by atoms with Gasteiger partial charge in [-0.25, -0.2) is 0 Å². The molecule has 0 fully saturated rings. The molecule has 0 aromatic carbocycles. The van der Waals surface area contributed by atoms with E-state index in [1.165, 1.54) is 0 Å². The van der Waals surface area contributed by atoms with E-state index in [0.717, 1.165) is 0 Å². The van der Waals surface area contributed by atoms with E-state index in [-0.39, 0.29) is 5.75 Å². The van der Waals surface area contributed by atoms with Crippen LogP contribution in [0, 0.1) is 0 Å². The van der Waals surface area contributed by atoms with Crippen LogP contribution in [-0.2, 0) is 14.4 Å². The topological polar surface area (TPSA) is 107 Å². The molecule has 15 heavy (non-hydrogen) atoms. The molecule has 92 valence electrons. The Morgan fingerprint density at radius 1 is 1.27 bits per heavy atom. The second-order valence-electron chi connectivity index (χ2n) is 2.91. The van der Waals surface area contributed by atoms with Crippen molar-refractivity contribution in [1.29, 1.82) is 0 Å². The Balaban J connectivity index is 4.44. The number of hydroxylamine groups is 2. The third-order valence-corrected chi connectivity index (χ3v) is 2.96. The van der Waals surface area contributed by atoms with Crippen LogP contribution in [0.5, 0.6) is 0 Å². The maximum absolute atomic E-state index is 11.2. The monoisotopic (exact) mass is 243 g/mol. The van der Waals surface area contributed by atoms with Crippen molar-refractivity contribution in [3.63, 3.8) is 0 Å². The van der Waals surface area contributed by atoms with Gasteiger partial charge < -0.3 is 15.3 Å². The van der Waals surface area contributed by atoms with Gasteiger partial charge in [0.2, 0.25) is 0 Å². The zero-order chi connectivity index (χ0) is 11.9. The highest BCUT2D eigenvalue weighted by atomic mass is 32.2. The molecule has 0 radical (unpaired) electrons. The van der Waals surface area contributed by atoms with Gasteiger partial charge in [-0.1, -0.05) is 6.92 Å². The summed E-state index contributed by atoms with van der Waals surface area (Å²) >= 11 is 0. The quantitative estimate of drug-likeness (QED) is 0.343. The number of aliphatic hydroxyl groups is 3. The van der Waals surface area contributed by atoms with Crippen LogP contribution < -0.4 is 0 Å². The lowest BCUT2D eigenvalue weighted by molar-refractivity contribution is -0.159. The van der Waals surface area contributed by atoms with Gasteiger partial charge in [-0.2, -0.15) is 12.7 Å². The van der Waals surface area contributed by atoms with Crippen LogP contribution in [0.2, 0.25) is 0 Å². The van der Waals surface area contributed by atoms with Gasteiger partial charge in [-0.15, -0.1) is 5.06 Å². The highest BCUT2D eigenvalue weighted by Crippen LogP contribution is 2.05. The van der Waals surface area contributed by atoms with Crippen LogP contribution >= 0.6 is 0 Å². The first-order valence-electron chi connectivity index (χ1n) is 4.52. The molecule has 0 atom stereocenters. The lowest BCUT2D eigenvalue weighted by atomic mass is 10.3. The highest BCUT2D eigenvalue weighted by Gasteiger charge is 2.23. The molecule has 0 saturated carbocycles. The first-order valence-corrected chi connectivity index (χ1v) is 6.10. The van der Waals surface area contributed by atoms with Crippen molar-refractivity contribution in [3.8, 4) is 0 Å². The van der Waals surface area contributed by atoms with E-state index >= 15 is 0 Å². The second kappa shape index (κ2) is 7.09. The van der Waals surface area contributed by atoms with Crippen LogP contribution in [0.4, 0.5) is 0 Å². The van der Waals surface area contributed by atoms with Crippen molar-refractivity contribution < 1.29 is 28.0 Å². The molecule has 0 unspecified atom stereocenters. The van der Waals surface area contributed by atoms with Gasteiger partial charge in [0, 0.05) is 0 Å². The van der Waals surface area contributed by atoms with E-state index in [2.05, 4.69) is 4.28 Å². The molecule has 8 heteroatoms. The lowest BCUT2D eigenvalue weighted by Crippen LogP contribution is -2.42. The van der Waals surface area contributed by atoms with Gasteiger partial charge in [-0.05, 0) is 6.42 Å². The van der Waals surface area contributed by atoms with E-state index in [9.17, 15) is 8.42 Å². The predicted octanol–water partition coefficient (Wildman–Crippen LogP) is -1.74. The van der Waals surface area contributed by atoms with E-state index in [4.69, 9.17) is 15.3 Å². The summed E-state index contributed by atoms with van der Waals surface area (Å²) in [5.74, 6) is -0.187.